The van der Waals surface area contributed by atoms with Crippen molar-refractivity contribution in [3.63, 3.8) is 0 Å². The average Bonchev–Trinajstić information content (AvgIpc) is 2.82. The number of nitrogens with zero attached hydrogens (tertiary/aromatic N) is 2. The number of benzene rings is 3. The Bertz CT molecular complexity index is 1240. The molecule has 1 N–H and O–H groups in total. The first kappa shape index (κ1) is 21.2. The summed E-state index contributed by atoms with van der Waals surface area (Å²) in [4.78, 5) is 12.7. The van der Waals surface area contributed by atoms with E-state index in [1.54, 1.807) is 12.1 Å². The van der Waals surface area contributed by atoms with Crippen LogP contribution in [0.4, 0.5) is 0 Å². The van der Waals surface area contributed by atoms with E-state index in [9.17, 15) is 13.2 Å². The Kier molecular flexibility index (Phi) is 6.13. The Balaban J connectivity index is 1.54. The quantitative estimate of drug-likeness (QED) is 0.491. The summed E-state index contributed by atoms with van der Waals surface area (Å²) in [5, 5.41) is 6.37. The second-order valence-electron chi connectivity index (χ2n) is 7.21. The van der Waals surface area contributed by atoms with Crippen LogP contribution in [0.1, 0.15) is 22.8 Å². The summed E-state index contributed by atoms with van der Waals surface area (Å²) in [7, 11) is -3.68. The maximum Gasteiger partial charge on any atom is 0.271 e. The van der Waals surface area contributed by atoms with Gasteiger partial charge in [-0.3, -0.25) is 4.79 Å². The van der Waals surface area contributed by atoms with Crippen LogP contribution >= 0.6 is 0 Å². The van der Waals surface area contributed by atoms with Gasteiger partial charge in [-0.2, -0.15) is 9.41 Å². The van der Waals surface area contributed by atoms with E-state index in [4.69, 9.17) is 4.74 Å². The second-order valence-corrected chi connectivity index (χ2v) is 9.15. The number of rotatable bonds is 5. The predicted octanol–water partition coefficient (Wildman–Crippen LogP) is 3.01. The number of carbonyl (C=O) groups is 1. The molecule has 1 aliphatic rings. The van der Waals surface area contributed by atoms with Crippen molar-refractivity contribution in [2.24, 2.45) is 5.10 Å². The number of carbonyl (C=O) groups excluding carboxylic acids is 1. The van der Waals surface area contributed by atoms with Crippen molar-refractivity contribution in [1.82, 2.24) is 9.73 Å². The van der Waals surface area contributed by atoms with Crippen LogP contribution in [0.25, 0.3) is 10.8 Å². The number of hydrogen-bond acceptors (Lipinski definition) is 5. The van der Waals surface area contributed by atoms with Crippen molar-refractivity contribution in [3.05, 3.63) is 77.9 Å². The topological polar surface area (TPSA) is 88.1 Å². The third-order valence-electron chi connectivity index (χ3n) is 5.21. The molecule has 31 heavy (non-hydrogen) atoms. The van der Waals surface area contributed by atoms with Crippen molar-refractivity contribution in [2.75, 3.05) is 26.3 Å². The van der Waals surface area contributed by atoms with E-state index in [2.05, 4.69) is 10.5 Å². The highest BCUT2D eigenvalue weighted by Crippen LogP contribution is 2.20. The van der Waals surface area contributed by atoms with Crippen LogP contribution in [0.3, 0.4) is 0 Å². The van der Waals surface area contributed by atoms with Gasteiger partial charge in [0.15, 0.2) is 0 Å². The molecule has 1 aliphatic heterocycles. The molecule has 1 heterocycles. The molecule has 4 rings (SSSR count). The summed E-state index contributed by atoms with van der Waals surface area (Å²) >= 11 is 0. The van der Waals surface area contributed by atoms with Crippen molar-refractivity contribution >= 4 is 32.4 Å². The molecule has 0 radical (unpaired) electrons. The zero-order chi connectivity index (χ0) is 21.8. The lowest BCUT2D eigenvalue weighted by molar-refractivity contribution is 0.0730. The number of morpholine rings is 1. The van der Waals surface area contributed by atoms with E-state index >= 15 is 0 Å². The first-order chi connectivity index (χ1) is 15.0. The molecule has 0 unspecified atom stereocenters. The summed E-state index contributed by atoms with van der Waals surface area (Å²) in [6.45, 7) is 3.14. The Morgan fingerprint density at radius 1 is 1.00 bits per heavy atom. The molecule has 0 bridgehead atoms. The van der Waals surface area contributed by atoms with Gasteiger partial charge in [0, 0.05) is 24.2 Å². The summed E-state index contributed by atoms with van der Waals surface area (Å²) < 4.78 is 32.3. The van der Waals surface area contributed by atoms with Crippen molar-refractivity contribution in [3.8, 4) is 0 Å². The average molecular weight is 438 g/mol. The van der Waals surface area contributed by atoms with Gasteiger partial charge >= 0.3 is 0 Å². The Labute approximate surface area is 181 Å². The molecule has 1 amide bonds. The second kappa shape index (κ2) is 8.97. The molecule has 0 aromatic heterocycles. The van der Waals surface area contributed by atoms with Gasteiger partial charge in [0.1, 0.15) is 0 Å². The number of sulfonamides is 1. The lowest BCUT2D eigenvalue weighted by Gasteiger charge is -2.26. The molecule has 1 fully saturated rings. The van der Waals surface area contributed by atoms with Crippen LogP contribution in [0.15, 0.2) is 76.7 Å². The molecule has 7 nitrogen and oxygen atoms in total. The van der Waals surface area contributed by atoms with Gasteiger partial charge in [0.05, 0.1) is 23.8 Å². The lowest BCUT2D eigenvalue weighted by Crippen LogP contribution is -2.40. The van der Waals surface area contributed by atoms with Crippen molar-refractivity contribution in [1.29, 1.82) is 0 Å². The smallest absolute Gasteiger partial charge is 0.271 e. The predicted molar refractivity (Wildman–Crippen MR) is 120 cm³/mol. The third kappa shape index (κ3) is 4.51. The van der Waals surface area contributed by atoms with Gasteiger partial charge < -0.3 is 4.74 Å². The Morgan fingerprint density at radius 3 is 2.52 bits per heavy atom. The van der Waals surface area contributed by atoms with Crippen LogP contribution in [0, 0.1) is 0 Å². The van der Waals surface area contributed by atoms with Gasteiger partial charge in [0.25, 0.3) is 5.91 Å². The van der Waals surface area contributed by atoms with Crippen LogP contribution < -0.4 is 5.43 Å². The van der Waals surface area contributed by atoms with Crippen LogP contribution in [0.2, 0.25) is 0 Å². The molecule has 0 saturated carbocycles. The SMILES string of the molecule is CC(=NNC(=O)c1cccc(S(=O)(=O)N2CCOCC2)c1)c1cccc2ccccc12. The van der Waals surface area contributed by atoms with Crippen molar-refractivity contribution < 1.29 is 17.9 Å². The largest absolute Gasteiger partial charge is 0.379 e. The van der Waals surface area contributed by atoms with Crippen LogP contribution in [-0.2, 0) is 14.8 Å². The summed E-state index contributed by atoms with van der Waals surface area (Å²) in [6.07, 6.45) is 0. The number of ether oxygens (including phenoxy) is 1. The molecule has 0 atom stereocenters. The molecule has 3 aromatic rings. The van der Waals surface area contributed by atoms with Gasteiger partial charge in [-0.25, -0.2) is 13.8 Å². The minimum absolute atomic E-state index is 0.0804. The van der Waals surface area contributed by atoms with E-state index in [1.165, 1.54) is 16.4 Å². The van der Waals surface area contributed by atoms with Gasteiger partial charge in [-0.15, -0.1) is 0 Å². The molecule has 8 heteroatoms. The van der Waals surface area contributed by atoms with Crippen LogP contribution in [0.5, 0.6) is 0 Å². The monoisotopic (exact) mass is 437 g/mol. The Morgan fingerprint density at radius 2 is 1.71 bits per heavy atom. The highest BCUT2D eigenvalue weighted by molar-refractivity contribution is 7.89. The molecular weight excluding hydrogens is 414 g/mol. The van der Waals surface area contributed by atoms with E-state index in [0.29, 0.717) is 32.0 Å². The lowest BCUT2D eigenvalue weighted by atomic mass is 10.0. The fourth-order valence-electron chi connectivity index (χ4n) is 3.53. The first-order valence-corrected chi connectivity index (χ1v) is 11.4. The number of hydrogen-bond donors (Lipinski definition) is 1. The number of hydrazone groups is 1. The van der Waals surface area contributed by atoms with Crippen LogP contribution in [-0.4, -0.2) is 50.6 Å². The van der Waals surface area contributed by atoms with Crippen molar-refractivity contribution in [2.45, 2.75) is 11.8 Å². The Hall–Kier alpha value is -3.07. The van der Waals surface area contributed by atoms with E-state index < -0.39 is 15.9 Å². The fraction of sp³-hybridized carbons (Fsp3) is 0.217. The molecule has 1 saturated heterocycles. The molecule has 0 aliphatic carbocycles. The maximum absolute atomic E-state index is 12.8. The normalized spacial score (nSPS) is 15.7. The zero-order valence-corrected chi connectivity index (χ0v) is 17.9. The van der Waals surface area contributed by atoms with Gasteiger partial charge in [-0.05, 0) is 35.9 Å². The number of fused-ring (bicyclic) bond motifs is 1. The first-order valence-electron chi connectivity index (χ1n) is 9.97. The fourth-order valence-corrected chi connectivity index (χ4v) is 4.99. The van der Waals surface area contributed by atoms with E-state index in [0.717, 1.165) is 16.3 Å². The van der Waals surface area contributed by atoms with E-state index in [1.807, 2.05) is 49.4 Å². The molecule has 3 aromatic carbocycles. The third-order valence-corrected chi connectivity index (χ3v) is 7.10. The van der Waals surface area contributed by atoms with E-state index in [-0.39, 0.29) is 10.5 Å². The molecule has 0 spiro atoms. The van der Waals surface area contributed by atoms with Gasteiger partial charge in [-0.1, -0.05) is 48.5 Å². The number of nitrogens with one attached hydrogen (secondary N) is 1. The molecule has 160 valence electrons. The summed E-state index contributed by atoms with van der Waals surface area (Å²) in [5.74, 6) is -0.474. The number of amides is 1. The highest BCUT2D eigenvalue weighted by Gasteiger charge is 2.26. The minimum atomic E-state index is -3.68. The van der Waals surface area contributed by atoms with Gasteiger partial charge in [0.2, 0.25) is 10.0 Å². The summed E-state index contributed by atoms with van der Waals surface area (Å²) in [6, 6.07) is 19.9. The maximum atomic E-state index is 12.8. The highest BCUT2D eigenvalue weighted by atomic mass is 32.2. The standard InChI is InChI=1S/C23H23N3O4S/c1-17(21-11-5-7-18-6-2-3-10-22(18)21)24-25-23(27)19-8-4-9-20(16-19)31(28,29)26-12-14-30-15-13-26/h2-11,16H,12-15H2,1H3,(H,25,27). The zero-order valence-electron chi connectivity index (χ0n) is 17.1. The summed E-state index contributed by atoms with van der Waals surface area (Å²) in [5.41, 5.74) is 4.34. The minimum Gasteiger partial charge on any atom is -0.379 e. The molecular formula is C23H23N3O4S.